The highest BCUT2D eigenvalue weighted by Crippen LogP contribution is 2.35. The Hall–Kier alpha value is -3.94. The molecule has 0 N–H and O–H groups in total. The first-order valence-corrected chi connectivity index (χ1v) is 9.52. The fraction of sp³-hybridized carbons (Fsp3) is 0.182. The molecule has 0 aliphatic carbocycles. The number of para-hydroxylation sites is 1. The Labute approximate surface area is 172 Å². The highest BCUT2D eigenvalue weighted by Gasteiger charge is 2.40. The Kier molecular flexibility index (Phi) is 3.79. The first-order chi connectivity index (χ1) is 14.4. The maximum absolute atomic E-state index is 13.4. The number of amides is 2. The lowest BCUT2D eigenvalue weighted by atomic mass is 10.1. The van der Waals surface area contributed by atoms with Crippen LogP contribution in [-0.2, 0) is 0 Å². The van der Waals surface area contributed by atoms with Crippen LogP contribution in [0.4, 0.5) is 5.69 Å². The van der Waals surface area contributed by atoms with Crippen LogP contribution in [0.2, 0.25) is 0 Å². The molecule has 0 saturated heterocycles. The van der Waals surface area contributed by atoms with Gasteiger partial charge in [0.05, 0.1) is 27.9 Å². The van der Waals surface area contributed by atoms with Gasteiger partial charge in [-0.3, -0.25) is 9.59 Å². The summed E-state index contributed by atoms with van der Waals surface area (Å²) in [6.07, 6.45) is 1.44. The average Bonchev–Trinajstić information content (AvgIpc) is 3.16. The van der Waals surface area contributed by atoms with Gasteiger partial charge in [0.1, 0.15) is 0 Å². The van der Waals surface area contributed by atoms with Crippen molar-refractivity contribution >= 4 is 28.5 Å². The summed E-state index contributed by atoms with van der Waals surface area (Å²) in [5.41, 5.74) is 4.65. The second-order valence-electron chi connectivity index (χ2n) is 7.43. The lowest BCUT2D eigenvalue weighted by Crippen LogP contribution is -2.30. The Balaban J connectivity index is 1.74. The highest BCUT2D eigenvalue weighted by atomic mass is 16.2. The minimum absolute atomic E-state index is 0.278. The van der Waals surface area contributed by atoms with Gasteiger partial charge in [0, 0.05) is 17.6 Å². The first-order valence-electron chi connectivity index (χ1n) is 9.52. The zero-order chi connectivity index (χ0) is 21.2. The molecule has 0 bridgehead atoms. The Bertz CT molecular complexity index is 1370. The minimum atomic E-state index is -0.381. The van der Waals surface area contributed by atoms with Crippen molar-refractivity contribution in [1.29, 1.82) is 0 Å². The highest BCUT2D eigenvalue weighted by molar-refractivity contribution is 6.37. The molecule has 0 saturated carbocycles. The number of pyridine rings is 1. The summed E-state index contributed by atoms with van der Waals surface area (Å²) in [6, 6.07) is 9.18. The molecule has 0 radical (unpaired) electrons. The third kappa shape index (κ3) is 2.46. The quantitative estimate of drug-likeness (QED) is 0.481. The molecule has 1 aromatic carbocycles. The fourth-order valence-electron chi connectivity index (χ4n) is 3.94. The molecule has 3 aromatic heterocycles. The van der Waals surface area contributed by atoms with Gasteiger partial charge in [0.15, 0.2) is 5.65 Å². The van der Waals surface area contributed by atoms with E-state index in [9.17, 15) is 9.59 Å². The van der Waals surface area contributed by atoms with Crippen LogP contribution < -0.4 is 4.90 Å². The zero-order valence-electron chi connectivity index (χ0n) is 17.0. The monoisotopic (exact) mass is 398 g/mol. The van der Waals surface area contributed by atoms with Gasteiger partial charge in [-0.2, -0.15) is 9.78 Å². The number of nitrogens with zero attached hydrogens (tertiary/aromatic N) is 6. The molecule has 1 aliphatic rings. The van der Waals surface area contributed by atoms with Gasteiger partial charge in [0.25, 0.3) is 17.8 Å². The summed E-state index contributed by atoms with van der Waals surface area (Å²) in [6.45, 7) is 7.42. The Morgan fingerprint density at radius 2 is 1.60 bits per heavy atom. The molecule has 5 rings (SSSR count). The second kappa shape index (κ2) is 6.28. The van der Waals surface area contributed by atoms with Crippen molar-refractivity contribution < 1.29 is 9.59 Å². The van der Waals surface area contributed by atoms with Gasteiger partial charge in [-0.25, -0.2) is 19.9 Å². The zero-order valence-corrected chi connectivity index (χ0v) is 17.0. The summed E-state index contributed by atoms with van der Waals surface area (Å²) >= 11 is 0. The van der Waals surface area contributed by atoms with E-state index in [2.05, 4.69) is 20.1 Å². The SMILES string of the molecule is Cc1cc(C)nc(-n2nc(C)c3c4c(cnc32)C(=O)N(c2ccccc2C)C4=O)n1. The van der Waals surface area contributed by atoms with Crippen molar-refractivity contribution in [3.63, 3.8) is 0 Å². The number of carbonyl (C=O) groups is 2. The predicted molar refractivity (Wildman–Crippen MR) is 111 cm³/mol. The minimum Gasteiger partial charge on any atom is -0.268 e. The molecule has 0 atom stereocenters. The van der Waals surface area contributed by atoms with Crippen molar-refractivity contribution in [2.45, 2.75) is 27.7 Å². The molecule has 148 valence electrons. The van der Waals surface area contributed by atoms with Gasteiger partial charge in [-0.15, -0.1) is 0 Å². The van der Waals surface area contributed by atoms with E-state index < -0.39 is 0 Å². The van der Waals surface area contributed by atoms with E-state index in [4.69, 9.17) is 0 Å². The summed E-state index contributed by atoms with van der Waals surface area (Å²) in [7, 11) is 0. The maximum atomic E-state index is 13.4. The fourth-order valence-corrected chi connectivity index (χ4v) is 3.94. The van der Waals surface area contributed by atoms with Gasteiger partial charge in [-0.05, 0) is 45.4 Å². The van der Waals surface area contributed by atoms with E-state index in [0.717, 1.165) is 17.0 Å². The van der Waals surface area contributed by atoms with E-state index in [1.165, 1.54) is 15.8 Å². The lowest BCUT2D eigenvalue weighted by Gasteiger charge is -2.16. The number of benzene rings is 1. The van der Waals surface area contributed by atoms with E-state index in [-0.39, 0.29) is 17.4 Å². The van der Waals surface area contributed by atoms with E-state index in [0.29, 0.717) is 33.9 Å². The van der Waals surface area contributed by atoms with Gasteiger partial charge < -0.3 is 0 Å². The van der Waals surface area contributed by atoms with Gasteiger partial charge in [0.2, 0.25) is 0 Å². The lowest BCUT2D eigenvalue weighted by molar-refractivity contribution is 0.0926. The summed E-state index contributed by atoms with van der Waals surface area (Å²) < 4.78 is 1.53. The molecule has 2 amide bonds. The Morgan fingerprint density at radius 1 is 0.900 bits per heavy atom. The van der Waals surface area contributed by atoms with Crippen LogP contribution in [0, 0.1) is 27.7 Å². The van der Waals surface area contributed by atoms with E-state index >= 15 is 0 Å². The van der Waals surface area contributed by atoms with E-state index in [1.54, 1.807) is 19.1 Å². The van der Waals surface area contributed by atoms with Crippen LogP contribution in [-0.4, -0.2) is 36.5 Å². The number of hydrogen-bond acceptors (Lipinski definition) is 6. The number of aryl methyl sites for hydroxylation is 4. The molecular formula is C22H18N6O2. The van der Waals surface area contributed by atoms with Crippen LogP contribution in [0.5, 0.6) is 0 Å². The molecule has 8 nitrogen and oxygen atoms in total. The predicted octanol–water partition coefficient (Wildman–Crippen LogP) is 3.24. The van der Waals surface area contributed by atoms with Crippen molar-refractivity contribution in [3.05, 3.63) is 70.3 Å². The average molecular weight is 398 g/mol. The summed E-state index contributed by atoms with van der Waals surface area (Å²) in [5.74, 6) is -0.375. The molecule has 0 unspecified atom stereocenters. The third-order valence-corrected chi connectivity index (χ3v) is 5.24. The molecule has 4 heterocycles. The Morgan fingerprint density at radius 3 is 2.30 bits per heavy atom. The van der Waals surface area contributed by atoms with Crippen molar-refractivity contribution in [3.8, 4) is 5.95 Å². The number of aromatic nitrogens is 5. The largest absolute Gasteiger partial charge is 0.268 e. The van der Waals surface area contributed by atoms with Crippen LogP contribution in [0.15, 0.2) is 36.5 Å². The topological polar surface area (TPSA) is 93.9 Å². The third-order valence-electron chi connectivity index (χ3n) is 5.24. The number of imide groups is 1. The first kappa shape index (κ1) is 18.1. The van der Waals surface area contributed by atoms with Crippen LogP contribution in [0.3, 0.4) is 0 Å². The molecule has 0 spiro atoms. The van der Waals surface area contributed by atoms with Crippen LogP contribution in [0.1, 0.15) is 43.4 Å². The van der Waals surface area contributed by atoms with Crippen LogP contribution in [0.25, 0.3) is 17.0 Å². The number of anilines is 1. The summed E-state index contributed by atoms with van der Waals surface area (Å²) in [4.78, 5) is 41.1. The second-order valence-corrected chi connectivity index (χ2v) is 7.43. The van der Waals surface area contributed by atoms with Gasteiger partial charge >= 0.3 is 0 Å². The molecular weight excluding hydrogens is 380 g/mol. The summed E-state index contributed by atoms with van der Waals surface area (Å²) in [5, 5.41) is 5.09. The van der Waals surface area contributed by atoms with Crippen molar-refractivity contribution in [1.82, 2.24) is 24.7 Å². The molecule has 1 aliphatic heterocycles. The molecule has 30 heavy (non-hydrogen) atoms. The number of carbonyl (C=O) groups excluding carboxylic acids is 2. The maximum Gasteiger partial charge on any atom is 0.267 e. The molecule has 0 fully saturated rings. The van der Waals surface area contributed by atoms with E-state index in [1.807, 2.05) is 39.0 Å². The standard InChI is InChI=1S/C22H18N6O2/c1-11-7-5-6-8-16(11)27-20(29)15-10-23-19-17(18(15)21(27)30)14(4)26-28(19)22-24-12(2)9-13(3)25-22/h5-10H,1-4H3. The number of hydrogen-bond donors (Lipinski definition) is 0. The number of rotatable bonds is 2. The number of fused-ring (bicyclic) bond motifs is 3. The van der Waals surface area contributed by atoms with Crippen molar-refractivity contribution in [2.75, 3.05) is 4.90 Å². The molecule has 4 aromatic rings. The normalized spacial score (nSPS) is 13.4. The molecule has 8 heteroatoms. The van der Waals surface area contributed by atoms with Crippen molar-refractivity contribution in [2.24, 2.45) is 0 Å². The van der Waals surface area contributed by atoms with Crippen LogP contribution >= 0.6 is 0 Å². The smallest absolute Gasteiger partial charge is 0.267 e. The van der Waals surface area contributed by atoms with Gasteiger partial charge in [-0.1, -0.05) is 18.2 Å².